The zero-order chi connectivity index (χ0) is 18.5. The van der Waals surface area contributed by atoms with Crippen molar-refractivity contribution in [3.63, 3.8) is 0 Å². The molecule has 26 heavy (non-hydrogen) atoms. The molecule has 0 aromatic heterocycles. The molecular formula is C21H26BrN3S. The molecule has 0 spiro atoms. The van der Waals surface area contributed by atoms with Gasteiger partial charge in [0.2, 0.25) is 0 Å². The maximum atomic E-state index is 5.45. The standard InChI is InChI=1S/C21H26BrN3S/c1-15-10-12-25(13-11-15)20-8-6-17(7-9-20)16(2)23-21(26)24-19-5-3-4-18(22)14-19/h3-9,14-16H,10-13H2,1-2H3,(H2,23,24,26)/t16-/m0/s1. The second-order valence-electron chi connectivity index (χ2n) is 7.09. The highest BCUT2D eigenvalue weighted by Gasteiger charge is 2.16. The lowest BCUT2D eigenvalue weighted by molar-refractivity contribution is 0.438. The molecule has 138 valence electrons. The molecule has 2 aromatic carbocycles. The summed E-state index contributed by atoms with van der Waals surface area (Å²) in [6, 6.07) is 17.0. The van der Waals surface area contributed by atoms with E-state index in [2.05, 4.69) is 69.6 Å². The molecule has 0 amide bonds. The first-order chi connectivity index (χ1) is 12.5. The quantitative estimate of drug-likeness (QED) is 0.603. The number of anilines is 2. The molecule has 1 saturated heterocycles. The molecule has 5 heteroatoms. The molecule has 0 unspecified atom stereocenters. The van der Waals surface area contributed by atoms with E-state index < -0.39 is 0 Å². The molecule has 1 heterocycles. The molecule has 0 aliphatic carbocycles. The van der Waals surface area contributed by atoms with Gasteiger partial charge in [-0.3, -0.25) is 0 Å². The zero-order valence-electron chi connectivity index (χ0n) is 15.3. The fourth-order valence-electron chi connectivity index (χ4n) is 3.25. The Kier molecular flexibility index (Phi) is 6.54. The number of nitrogens with one attached hydrogen (secondary N) is 2. The van der Waals surface area contributed by atoms with Crippen molar-refractivity contribution in [1.82, 2.24) is 5.32 Å². The Morgan fingerprint density at radius 1 is 1.15 bits per heavy atom. The molecule has 1 aliphatic rings. The second kappa shape index (κ2) is 8.87. The molecule has 3 nitrogen and oxygen atoms in total. The molecule has 0 bridgehead atoms. The van der Waals surface area contributed by atoms with Gasteiger partial charge in [-0.1, -0.05) is 41.1 Å². The Morgan fingerprint density at radius 2 is 1.85 bits per heavy atom. The fraction of sp³-hybridized carbons (Fsp3) is 0.381. The summed E-state index contributed by atoms with van der Waals surface area (Å²) in [5.41, 5.74) is 3.53. The molecule has 1 aliphatic heterocycles. The van der Waals surface area contributed by atoms with E-state index in [1.807, 2.05) is 24.3 Å². The summed E-state index contributed by atoms with van der Waals surface area (Å²) in [7, 11) is 0. The Bertz CT molecular complexity index is 739. The topological polar surface area (TPSA) is 27.3 Å². The van der Waals surface area contributed by atoms with E-state index in [0.29, 0.717) is 5.11 Å². The maximum absolute atomic E-state index is 5.45. The van der Waals surface area contributed by atoms with E-state index in [1.54, 1.807) is 0 Å². The maximum Gasteiger partial charge on any atom is 0.171 e. The Morgan fingerprint density at radius 3 is 2.50 bits per heavy atom. The van der Waals surface area contributed by atoms with E-state index in [0.717, 1.165) is 29.2 Å². The molecule has 1 fully saturated rings. The summed E-state index contributed by atoms with van der Waals surface area (Å²) >= 11 is 8.92. The van der Waals surface area contributed by atoms with Gasteiger partial charge in [0.15, 0.2) is 5.11 Å². The van der Waals surface area contributed by atoms with Crippen LogP contribution in [0.4, 0.5) is 11.4 Å². The van der Waals surface area contributed by atoms with Crippen LogP contribution < -0.4 is 15.5 Å². The van der Waals surface area contributed by atoms with Crippen LogP contribution in [0.25, 0.3) is 0 Å². The summed E-state index contributed by atoms with van der Waals surface area (Å²) < 4.78 is 1.03. The van der Waals surface area contributed by atoms with Crippen LogP contribution >= 0.6 is 28.1 Å². The van der Waals surface area contributed by atoms with Gasteiger partial charge in [0.05, 0.1) is 6.04 Å². The van der Waals surface area contributed by atoms with Gasteiger partial charge in [-0.2, -0.15) is 0 Å². The first-order valence-corrected chi connectivity index (χ1v) is 10.4. The highest BCUT2D eigenvalue weighted by Crippen LogP contribution is 2.24. The summed E-state index contributed by atoms with van der Waals surface area (Å²) in [6.45, 7) is 6.80. The van der Waals surface area contributed by atoms with E-state index in [9.17, 15) is 0 Å². The van der Waals surface area contributed by atoms with E-state index in [4.69, 9.17) is 12.2 Å². The van der Waals surface area contributed by atoms with Crippen molar-refractivity contribution >= 4 is 44.6 Å². The van der Waals surface area contributed by atoms with Gasteiger partial charge in [-0.15, -0.1) is 0 Å². The van der Waals surface area contributed by atoms with Crippen molar-refractivity contribution in [3.8, 4) is 0 Å². The van der Waals surface area contributed by atoms with E-state index in [-0.39, 0.29) is 6.04 Å². The van der Waals surface area contributed by atoms with Crippen molar-refractivity contribution in [3.05, 3.63) is 58.6 Å². The average Bonchev–Trinajstić information content (AvgIpc) is 2.62. The van der Waals surface area contributed by atoms with Gasteiger partial charge in [0, 0.05) is 28.9 Å². The summed E-state index contributed by atoms with van der Waals surface area (Å²) in [5, 5.41) is 7.22. The first kappa shape index (κ1) is 19.2. The van der Waals surface area contributed by atoms with Crippen LogP contribution in [0, 0.1) is 5.92 Å². The third kappa shape index (κ3) is 5.21. The van der Waals surface area contributed by atoms with Crippen LogP contribution in [0.15, 0.2) is 53.0 Å². The van der Waals surface area contributed by atoms with Gasteiger partial charge >= 0.3 is 0 Å². The van der Waals surface area contributed by atoms with Gasteiger partial charge in [0.1, 0.15) is 0 Å². The highest BCUT2D eigenvalue weighted by atomic mass is 79.9. The van der Waals surface area contributed by atoms with Crippen LogP contribution in [0.2, 0.25) is 0 Å². The van der Waals surface area contributed by atoms with Crippen LogP contribution in [0.1, 0.15) is 38.3 Å². The van der Waals surface area contributed by atoms with Crippen LogP contribution in [0.3, 0.4) is 0 Å². The minimum Gasteiger partial charge on any atom is -0.372 e. The molecule has 1 atom stereocenters. The van der Waals surface area contributed by atoms with Gasteiger partial charge in [-0.25, -0.2) is 0 Å². The van der Waals surface area contributed by atoms with Crippen LogP contribution in [-0.2, 0) is 0 Å². The van der Waals surface area contributed by atoms with Crippen molar-refractivity contribution in [2.45, 2.75) is 32.7 Å². The lowest BCUT2D eigenvalue weighted by Gasteiger charge is -2.32. The van der Waals surface area contributed by atoms with Crippen LogP contribution in [-0.4, -0.2) is 18.2 Å². The van der Waals surface area contributed by atoms with Crippen molar-refractivity contribution in [2.24, 2.45) is 5.92 Å². The number of halogens is 1. The van der Waals surface area contributed by atoms with Crippen molar-refractivity contribution in [1.29, 1.82) is 0 Å². The van der Waals surface area contributed by atoms with E-state index in [1.165, 1.54) is 24.1 Å². The number of thiocarbonyl (C=S) groups is 1. The normalized spacial score (nSPS) is 16.2. The summed E-state index contributed by atoms with van der Waals surface area (Å²) in [5.74, 6) is 0.855. The Labute approximate surface area is 170 Å². The minimum atomic E-state index is 0.151. The largest absolute Gasteiger partial charge is 0.372 e. The highest BCUT2D eigenvalue weighted by molar-refractivity contribution is 9.10. The second-order valence-corrected chi connectivity index (χ2v) is 8.42. The number of hydrogen-bond acceptors (Lipinski definition) is 2. The van der Waals surface area contributed by atoms with Crippen molar-refractivity contribution < 1.29 is 0 Å². The third-order valence-corrected chi connectivity index (χ3v) is 5.69. The molecule has 3 rings (SSSR count). The Balaban J connectivity index is 1.56. The van der Waals surface area contributed by atoms with Gasteiger partial charge in [0.25, 0.3) is 0 Å². The van der Waals surface area contributed by atoms with E-state index >= 15 is 0 Å². The Hall–Kier alpha value is -1.59. The number of hydrogen-bond donors (Lipinski definition) is 2. The predicted molar refractivity (Wildman–Crippen MR) is 119 cm³/mol. The fourth-order valence-corrected chi connectivity index (χ4v) is 3.95. The molecule has 2 aromatic rings. The van der Waals surface area contributed by atoms with Gasteiger partial charge < -0.3 is 15.5 Å². The molecule has 0 radical (unpaired) electrons. The number of rotatable bonds is 4. The minimum absolute atomic E-state index is 0.151. The predicted octanol–water partition coefficient (Wildman–Crippen LogP) is 5.73. The summed E-state index contributed by atoms with van der Waals surface area (Å²) in [4.78, 5) is 2.49. The number of piperidine rings is 1. The zero-order valence-corrected chi connectivity index (χ0v) is 17.7. The SMILES string of the molecule is CC1CCN(c2ccc([C@H](C)NC(=S)Nc3cccc(Br)c3)cc2)CC1. The molecule has 0 saturated carbocycles. The monoisotopic (exact) mass is 431 g/mol. The third-order valence-electron chi connectivity index (χ3n) is 4.97. The first-order valence-electron chi connectivity index (χ1n) is 9.19. The lowest BCUT2D eigenvalue weighted by atomic mass is 9.98. The van der Waals surface area contributed by atoms with Crippen LogP contribution in [0.5, 0.6) is 0 Å². The molecule has 2 N–H and O–H groups in total. The number of benzene rings is 2. The smallest absolute Gasteiger partial charge is 0.171 e. The summed E-state index contributed by atoms with van der Waals surface area (Å²) in [6.07, 6.45) is 2.57. The lowest BCUT2D eigenvalue weighted by Crippen LogP contribution is -2.33. The molecular weight excluding hydrogens is 406 g/mol. The van der Waals surface area contributed by atoms with Crippen molar-refractivity contribution in [2.75, 3.05) is 23.3 Å². The van der Waals surface area contributed by atoms with Gasteiger partial charge in [-0.05, 0) is 73.8 Å². The number of nitrogens with zero attached hydrogens (tertiary/aromatic N) is 1. The average molecular weight is 432 g/mol.